The summed E-state index contributed by atoms with van der Waals surface area (Å²) >= 11 is 0. The van der Waals surface area contributed by atoms with E-state index in [1.807, 2.05) is 0 Å². The molecule has 2 saturated heterocycles. The van der Waals surface area contributed by atoms with Crippen LogP contribution in [0.1, 0.15) is 46.5 Å². The summed E-state index contributed by atoms with van der Waals surface area (Å²) < 4.78 is 0. The Bertz CT molecular complexity index is 351. The summed E-state index contributed by atoms with van der Waals surface area (Å²) in [6.45, 7) is 13.7. The second-order valence-electron chi connectivity index (χ2n) is 7.67. The Labute approximate surface area is 160 Å². The lowest BCUT2D eigenvalue weighted by atomic mass is 9.97. The maximum Gasteiger partial charge on any atom is 0.193 e. The Morgan fingerprint density at radius 3 is 2.39 bits per heavy atom. The molecule has 1 N–H and O–H groups in total. The Morgan fingerprint density at radius 2 is 1.78 bits per heavy atom. The van der Waals surface area contributed by atoms with Crippen LogP contribution in [0.4, 0.5) is 0 Å². The van der Waals surface area contributed by atoms with Crippen molar-refractivity contribution in [1.82, 2.24) is 15.1 Å². The number of hydrogen-bond acceptors (Lipinski definition) is 2. The molecule has 0 aromatic heterocycles. The highest BCUT2D eigenvalue weighted by Gasteiger charge is 2.25. The average Bonchev–Trinajstić information content (AvgIpc) is 2.92. The van der Waals surface area contributed by atoms with E-state index in [9.17, 15) is 0 Å². The van der Waals surface area contributed by atoms with E-state index in [0.717, 1.165) is 36.8 Å². The lowest BCUT2D eigenvalue weighted by Crippen LogP contribution is -2.40. The summed E-state index contributed by atoms with van der Waals surface area (Å²) in [6, 6.07) is 0. The largest absolute Gasteiger partial charge is 0.357 e. The van der Waals surface area contributed by atoms with Gasteiger partial charge in [-0.15, -0.1) is 24.0 Å². The topological polar surface area (TPSA) is 30.9 Å². The Kier molecular flexibility index (Phi) is 9.82. The van der Waals surface area contributed by atoms with Crippen LogP contribution in [0.25, 0.3) is 0 Å². The molecule has 2 heterocycles. The van der Waals surface area contributed by atoms with Crippen LogP contribution in [0.3, 0.4) is 0 Å². The minimum absolute atomic E-state index is 0. The van der Waals surface area contributed by atoms with E-state index in [1.54, 1.807) is 0 Å². The lowest BCUT2D eigenvalue weighted by Gasteiger charge is -2.28. The van der Waals surface area contributed by atoms with Gasteiger partial charge in [-0.2, -0.15) is 0 Å². The van der Waals surface area contributed by atoms with Gasteiger partial charge in [-0.25, -0.2) is 0 Å². The van der Waals surface area contributed by atoms with Gasteiger partial charge in [0, 0.05) is 26.2 Å². The molecule has 5 heteroatoms. The second-order valence-corrected chi connectivity index (χ2v) is 7.67. The van der Waals surface area contributed by atoms with Gasteiger partial charge < -0.3 is 15.1 Å². The average molecular weight is 436 g/mol. The number of nitrogens with one attached hydrogen (secondary N) is 1. The van der Waals surface area contributed by atoms with E-state index in [2.05, 4.69) is 42.9 Å². The summed E-state index contributed by atoms with van der Waals surface area (Å²) in [6.07, 6.45) is 5.28. The zero-order valence-corrected chi connectivity index (χ0v) is 17.9. The van der Waals surface area contributed by atoms with Crippen molar-refractivity contribution in [3.8, 4) is 0 Å². The van der Waals surface area contributed by atoms with Gasteiger partial charge >= 0.3 is 0 Å². The fraction of sp³-hybridized carbons (Fsp3) is 0.944. The van der Waals surface area contributed by atoms with Crippen molar-refractivity contribution < 1.29 is 0 Å². The molecule has 2 aliphatic heterocycles. The first-order chi connectivity index (χ1) is 10.6. The van der Waals surface area contributed by atoms with Gasteiger partial charge in [0.05, 0.1) is 0 Å². The lowest BCUT2D eigenvalue weighted by molar-refractivity contribution is 0.223. The molecular formula is C18H37IN4. The molecule has 1 atom stereocenters. The van der Waals surface area contributed by atoms with Gasteiger partial charge in [-0.1, -0.05) is 13.8 Å². The highest BCUT2D eigenvalue weighted by molar-refractivity contribution is 14.0. The Balaban J connectivity index is 0.00000264. The van der Waals surface area contributed by atoms with Crippen molar-refractivity contribution in [2.24, 2.45) is 22.7 Å². The van der Waals surface area contributed by atoms with Gasteiger partial charge in [-0.05, 0) is 70.5 Å². The smallest absolute Gasteiger partial charge is 0.193 e. The van der Waals surface area contributed by atoms with E-state index in [1.165, 1.54) is 51.9 Å². The van der Waals surface area contributed by atoms with E-state index in [0.29, 0.717) is 0 Å². The number of aliphatic imine (C=N–C) groups is 1. The summed E-state index contributed by atoms with van der Waals surface area (Å²) in [5.41, 5.74) is 0. The van der Waals surface area contributed by atoms with Crippen molar-refractivity contribution in [2.75, 3.05) is 46.3 Å². The molecule has 1 unspecified atom stereocenters. The summed E-state index contributed by atoms with van der Waals surface area (Å²) in [5.74, 6) is 3.60. The highest BCUT2D eigenvalue weighted by Crippen LogP contribution is 2.23. The number of hydrogen-bond donors (Lipinski definition) is 1. The minimum Gasteiger partial charge on any atom is -0.357 e. The zero-order valence-electron chi connectivity index (χ0n) is 15.6. The maximum atomic E-state index is 4.97. The first-order valence-electron chi connectivity index (χ1n) is 9.30. The molecule has 0 saturated carbocycles. The molecule has 0 bridgehead atoms. The van der Waals surface area contributed by atoms with Crippen LogP contribution in [0.15, 0.2) is 4.99 Å². The van der Waals surface area contributed by atoms with E-state index in [-0.39, 0.29) is 24.0 Å². The number of nitrogens with zero attached hydrogens (tertiary/aromatic N) is 3. The summed E-state index contributed by atoms with van der Waals surface area (Å²) in [4.78, 5) is 9.90. The predicted molar refractivity (Wildman–Crippen MR) is 111 cm³/mol. The quantitative estimate of drug-likeness (QED) is 0.408. The Hall–Kier alpha value is -0.0400. The first-order valence-corrected chi connectivity index (χ1v) is 9.30. The second kappa shape index (κ2) is 10.7. The molecule has 0 spiro atoms. The molecule has 23 heavy (non-hydrogen) atoms. The van der Waals surface area contributed by atoms with E-state index in [4.69, 9.17) is 4.99 Å². The van der Waals surface area contributed by atoms with E-state index >= 15 is 0 Å². The van der Waals surface area contributed by atoms with Gasteiger partial charge in [0.2, 0.25) is 0 Å². The standard InChI is InChI=1S/C18H36N4.HI/c1-5-19-18(20-13-16-6-9-21(4)10-7-16)22-11-8-17(14-22)12-15(2)3;/h15-17H,5-14H2,1-4H3,(H,19,20);1H. The number of guanidine groups is 1. The number of likely N-dealkylation sites (tertiary alicyclic amines) is 2. The van der Waals surface area contributed by atoms with Crippen molar-refractivity contribution >= 4 is 29.9 Å². The third-order valence-corrected chi connectivity index (χ3v) is 5.06. The summed E-state index contributed by atoms with van der Waals surface area (Å²) in [5, 5.41) is 3.51. The van der Waals surface area contributed by atoms with Crippen molar-refractivity contribution in [3.05, 3.63) is 0 Å². The molecule has 2 rings (SSSR count). The van der Waals surface area contributed by atoms with Crippen molar-refractivity contribution in [2.45, 2.75) is 46.5 Å². The molecule has 0 amide bonds. The fourth-order valence-electron chi connectivity index (χ4n) is 3.77. The molecule has 2 aliphatic rings. The molecule has 4 nitrogen and oxygen atoms in total. The van der Waals surface area contributed by atoms with Crippen molar-refractivity contribution in [1.29, 1.82) is 0 Å². The molecule has 136 valence electrons. The first kappa shape index (κ1) is 21.0. The van der Waals surface area contributed by atoms with Crippen molar-refractivity contribution in [3.63, 3.8) is 0 Å². The molecule has 0 aromatic carbocycles. The molecule has 0 radical (unpaired) electrons. The van der Waals surface area contributed by atoms with Gasteiger partial charge in [-0.3, -0.25) is 4.99 Å². The van der Waals surface area contributed by atoms with Crippen LogP contribution in [-0.4, -0.2) is 62.1 Å². The normalized spacial score (nSPS) is 24.1. The minimum atomic E-state index is 0. The van der Waals surface area contributed by atoms with Gasteiger partial charge in [0.15, 0.2) is 5.96 Å². The highest BCUT2D eigenvalue weighted by atomic mass is 127. The maximum absolute atomic E-state index is 4.97. The third kappa shape index (κ3) is 7.16. The third-order valence-electron chi connectivity index (χ3n) is 5.06. The molecular weight excluding hydrogens is 399 g/mol. The van der Waals surface area contributed by atoms with Crippen LogP contribution in [-0.2, 0) is 0 Å². The van der Waals surface area contributed by atoms with Crippen LogP contribution in [0.2, 0.25) is 0 Å². The summed E-state index contributed by atoms with van der Waals surface area (Å²) in [7, 11) is 2.22. The van der Waals surface area contributed by atoms with E-state index < -0.39 is 0 Å². The van der Waals surface area contributed by atoms with Gasteiger partial charge in [0.25, 0.3) is 0 Å². The van der Waals surface area contributed by atoms with Crippen LogP contribution < -0.4 is 5.32 Å². The number of halogens is 1. The Morgan fingerprint density at radius 1 is 1.13 bits per heavy atom. The van der Waals surface area contributed by atoms with Crippen LogP contribution >= 0.6 is 24.0 Å². The fourth-order valence-corrected chi connectivity index (χ4v) is 3.77. The molecule has 0 aromatic rings. The van der Waals surface area contributed by atoms with Crippen LogP contribution in [0.5, 0.6) is 0 Å². The molecule has 0 aliphatic carbocycles. The SMILES string of the molecule is CCNC(=NCC1CCN(C)CC1)N1CCC(CC(C)C)C1.I. The number of piperidine rings is 1. The number of rotatable bonds is 5. The van der Waals surface area contributed by atoms with Crippen LogP contribution in [0, 0.1) is 17.8 Å². The van der Waals surface area contributed by atoms with Gasteiger partial charge in [0.1, 0.15) is 0 Å². The monoisotopic (exact) mass is 436 g/mol. The predicted octanol–water partition coefficient (Wildman–Crippen LogP) is 3.28. The molecule has 2 fully saturated rings. The zero-order chi connectivity index (χ0) is 15.9.